The van der Waals surface area contributed by atoms with Crippen molar-refractivity contribution in [2.75, 3.05) is 32.7 Å². The lowest BCUT2D eigenvalue weighted by Crippen LogP contribution is -2.57. The highest BCUT2D eigenvalue weighted by Crippen LogP contribution is 2.25. The Balaban J connectivity index is 0.00000280. The summed E-state index contributed by atoms with van der Waals surface area (Å²) in [4.78, 5) is 17.8. The number of piperazine rings is 1. The lowest BCUT2D eigenvalue weighted by Gasteiger charge is -2.35. The quantitative estimate of drug-likeness (QED) is 0.689. The average molecular weight is 419 g/mol. The minimum Gasteiger partial charge on any atom is -0.350 e. The third kappa shape index (κ3) is 5.43. The van der Waals surface area contributed by atoms with Crippen molar-refractivity contribution in [1.82, 2.24) is 30.7 Å². The molecule has 2 heterocycles. The number of benzene rings is 1. The minimum atomic E-state index is -4.40. The first-order valence-electron chi connectivity index (χ1n) is 8.64. The fourth-order valence-electron chi connectivity index (χ4n) is 2.98. The topological polar surface area (TPSA) is 85.9 Å². The van der Waals surface area contributed by atoms with Gasteiger partial charge in [0, 0.05) is 43.9 Å². The second kappa shape index (κ2) is 9.35. The first-order chi connectivity index (χ1) is 12.8. The highest BCUT2D eigenvalue weighted by molar-refractivity contribution is 5.94. The van der Waals surface area contributed by atoms with E-state index in [1.54, 1.807) is 31.2 Å². The van der Waals surface area contributed by atoms with Gasteiger partial charge in [-0.1, -0.05) is 12.1 Å². The van der Waals surface area contributed by atoms with Crippen molar-refractivity contribution < 1.29 is 18.0 Å². The van der Waals surface area contributed by atoms with Gasteiger partial charge in [0.25, 0.3) is 5.91 Å². The molecule has 1 aromatic carbocycles. The van der Waals surface area contributed by atoms with Crippen molar-refractivity contribution in [3.63, 3.8) is 0 Å². The maximum atomic E-state index is 13.4. The number of hydrogen-bond acceptors (Lipinski definition) is 5. The van der Waals surface area contributed by atoms with Crippen LogP contribution in [0.3, 0.4) is 0 Å². The molecule has 28 heavy (non-hydrogen) atoms. The van der Waals surface area contributed by atoms with Crippen LogP contribution >= 0.6 is 12.4 Å². The van der Waals surface area contributed by atoms with E-state index in [-0.39, 0.29) is 18.0 Å². The molecule has 0 aliphatic carbocycles. The number of rotatable bonds is 5. The second-order valence-corrected chi connectivity index (χ2v) is 6.38. The lowest BCUT2D eigenvalue weighted by atomic mass is 10.1. The van der Waals surface area contributed by atoms with Gasteiger partial charge < -0.3 is 10.6 Å². The van der Waals surface area contributed by atoms with E-state index in [9.17, 15) is 18.0 Å². The van der Waals surface area contributed by atoms with Crippen molar-refractivity contribution in [2.45, 2.75) is 19.1 Å². The fraction of sp³-hybridized carbons (Fsp3) is 0.471. The van der Waals surface area contributed by atoms with Crippen molar-refractivity contribution in [1.29, 1.82) is 0 Å². The number of aromatic amines is 1. The van der Waals surface area contributed by atoms with E-state index in [0.29, 0.717) is 43.4 Å². The number of alkyl halides is 3. The van der Waals surface area contributed by atoms with E-state index in [0.717, 1.165) is 0 Å². The Morgan fingerprint density at radius 1 is 1.25 bits per heavy atom. The van der Waals surface area contributed by atoms with Crippen LogP contribution in [-0.2, 0) is 0 Å². The number of aryl methyl sites for hydroxylation is 1. The Morgan fingerprint density at radius 3 is 2.43 bits per heavy atom. The molecule has 0 saturated carbocycles. The Labute approximate surface area is 166 Å². The van der Waals surface area contributed by atoms with Crippen LogP contribution in [0.4, 0.5) is 13.2 Å². The number of halogens is 4. The minimum absolute atomic E-state index is 0. The number of carbonyl (C=O) groups excluding carboxylic acids is 1. The summed E-state index contributed by atoms with van der Waals surface area (Å²) in [6, 6.07) is 4.72. The number of amides is 1. The third-order valence-electron chi connectivity index (χ3n) is 4.43. The zero-order valence-electron chi connectivity index (χ0n) is 15.2. The lowest BCUT2D eigenvalue weighted by molar-refractivity contribution is -0.183. The van der Waals surface area contributed by atoms with Crippen LogP contribution in [0.2, 0.25) is 0 Å². The molecular formula is C17H22ClF3N6O. The van der Waals surface area contributed by atoms with Gasteiger partial charge in [-0.2, -0.15) is 18.3 Å². The SMILES string of the molecule is Cc1nc(-c2ccc(C(=O)NCC(N3CCNCC3)C(F)(F)F)cc2)n[nH]1.Cl. The Morgan fingerprint density at radius 2 is 1.89 bits per heavy atom. The van der Waals surface area contributed by atoms with Crippen LogP contribution in [-0.4, -0.2) is 70.9 Å². The number of hydrogen-bond donors (Lipinski definition) is 3. The van der Waals surface area contributed by atoms with E-state index in [1.807, 2.05) is 0 Å². The Kier molecular flexibility index (Phi) is 7.39. The molecule has 1 unspecified atom stereocenters. The third-order valence-corrected chi connectivity index (χ3v) is 4.43. The first kappa shape index (κ1) is 22.1. The summed E-state index contributed by atoms with van der Waals surface area (Å²) in [6.07, 6.45) is -4.40. The van der Waals surface area contributed by atoms with Crippen molar-refractivity contribution in [2.24, 2.45) is 0 Å². The van der Waals surface area contributed by atoms with E-state index < -0.39 is 24.7 Å². The standard InChI is InChI=1S/C17H21F3N6O.ClH/c1-11-23-15(25-24-11)12-2-4-13(5-3-12)16(27)22-10-14(17(18,19)20)26-8-6-21-7-9-26;/h2-5,14,21H,6-10H2,1H3,(H,22,27)(H,23,24,25);1H. The summed E-state index contributed by atoms with van der Waals surface area (Å²) in [5.74, 6) is 0.616. The molecule has 1 aromatic heterocycles. The maximum absolute atomic E-state index is 13.4. The van der Waals surface area contributed by atoms with E-state index in [2.05, 4.69) is 25.8 Å². The highest BCUT2D eigenvalue weighted by atomic mass is 35.5. The van der Waals surface area contributed by atoms with Crippen molar-refractivity contribution >= 4 is 18.3 Å². The monoisotopic (exact) mass is 418 g/mol. The Bertz CT molecular complexity index is 774. The zero-order chi connectivity index (χ0) is 19.4. The van der Waals surface area contributed by atoms with Crippen LogP contribution in [0.15, 0.2) is 24.3 Å². The predicted molar refractivity (Wildman–Crippen MR) is 100 cm³/mol. The summed E-state index contributed by atoms with van der Waals surface area (Å²) in [5, 5.41) is 12.2. The van der Waals surface area contributed by atoms with E-state index in [1.165, 1.54) is 4.90 Å². The summed E-state index contributed by atoms with van der Waals surface area (Å²) in [5.41, 5.74) is 0.997. The number of nitrogens with zero attached hydrogens (tertiary/aromatic N) is 3. The van der Waals surface area contributed by atoms with Gasteiger partial charge in [0.05, 0.1) is 0 Å². The molecule has 1 saturated heterocycles. The smallest absolute Gasteiger partial charge is 0.350 e. The molecule has 11 heteroatoms. The van der Waals surface area contributed by atoms with Gasteiger partial charge in [-0.25, -0.2) is 4.98 Å². The summed E-state index contributed by atoms with van der Waals surface area (Å²) in [6.45, 7) is 2.89. The van der Waals surface area contributed by atoms with Crippen molar-refractivity contribution in [3.8, 4) is 11.4 Å². The van der Waals surface area contributed by atoms with Crippen molar-refractivity contribution in [3.05, 3.63) is 35.7 Å². The van der Waals surface area contributed by atoms with Gasteiger partial charge in [-0.15, -0.1) is 12.4 Å². The fourth-order valence-corrected chi connectivity index (χ4v) is 2.98. The van der Waals surface area contributed by atoms with Crippen LogP contribution in [0.1, 0.15) is 16.2 Å². The molecule has 3 N–H and O–H groups in total. The number of aromatic nitrogens is 3. The van der Waals surface area contributed by atoms with Crippen LogP contribution in [0, 0.1) is 6.92 Å². The van der Waals surface area contributed by atoms with Gasteiger partial charge in [0.15, 0.2) is 5.82 Å². The molecule has 1 amide bonds. The number of carbonyl (C=O) groups is 1. The second-order valence-electron chi connectivity index (χ2n) is 6.38. The number of H-pyrrole nitrogens is 1. The van der Waals surface area contributed by atoms with Gasteiger partial charge >= 0.3 is 6.18 Å². The van der Waals surface area contributed by atoms with Gasteiger partial charge in [0.2, 0.25) is 0 Å². The van der Waals surface area contributed by atoms with Gasteiger partial charge in [-0.3, -0.25) is 14.8 Å². The van der Waals surface area contributed by atoms with E-state index in [4.69, 9.17) is 0 Å². The maximum Gasteiger partial charge on any atom is 0.405 e. The van der Waals surface area contributed by atoms with Gasteiger partial charge in [0.1, 0.15) is 11.9 Å². The highest BCUT2D eigenvalue weighted by Gasteiger charge is 2.43. The molecule has 154 valence electrons. The molecule has 1 atom stereocenters. The summed E-state index contributed by atoms with van der Waals surface area (Å²) < 4.78 is 40.1. The molecule has 7 nitrogen and oxygen atoms in total. The van der Waals surface area contributed by atoms with Crippen LogP contribution < -0.4 is 10.6 Å². The first-order valence-corrected chi connectivity index (χ1v) is 8.64. The molecule has 0 radical (unpaired) electrons. The summed E-state index contributed by atoms with van der Waals surface area (Å²) in [7, 11) is 0. The zero-order valence-corrected chi connectivity index (χ0v) is 16.0. The number of nitrogens with one attached hydrogen (secondary N) is 3. The summed E-state index contributed by atoms with van der Waals surface area (Å²) >= 11 is 0. The molecule has 2 aromatic rings. The average Bonchev–Trinajstić information content (AvgIpc) is 3.08. The molecular weight excluding hydrogens is 397 g/mol. The van der Waals surface area contributed by atoms with E-state index >= 15 is 0 Å². The Hall–Kier alpha value is -2.17. The molecule has 1 aliphatic heterocycles. The molecule has 0 spiro atoms. The normalized spacial score (nSPS) is 16.3. The molecule has 0 bridgehead atoms. The largest absolute Gasteiger partial charge is 0.405 e. The molecule has 1 fully saturated rings. The van der Waals surface area contributed by atoms with Crippen LogP contribution in [0.5, 0.6) is 0 Å². The predicted octanol–water partition coefficient (Wildman–Crippen LogP) is 1.77. The molecule has 3 rings (SSSR count). The van der Waals surface area contributed by atoms with Crippen LogP contribution in [0.25, 0.3) is 11.4 Å². The van der Waals surface area contributed by atoms with Gasteiger partial charge in [-0.05, 0) is 19.1 Å². The molecule has 1 aliphatic rings.